The van der Waals surface area contributed by atoms with E-state index in [1.54, 1.807) is 4.90 Å². The lowest BCUT2D eigenvalue weighted by Crippen LogP contribution is -2.36. The first kappa shape index (κ1) is 26.9. The van der Waals surface area contributed by atoms with E-state index in [0.29, 0.717) is 30.6 Å². The first-order chi connectivity index (χ1) is 17.6. The van der Waals surface area contributed by atoms with Gasteiger partial charge in [-0.05, 0) is 80.8 Å². The number of anilines is 2. The predicted molar refractivity (Wildman–Crippen MR) is 151 cm³/mol. The summed E-state index contributed by atoms with van der Waals surface area (Å²) in [6, 6.07) is 26.4. The van der Waals surface area contributed by atoms with Crippen LogP contribution in [0.5, 0.6) is 5.75 Å². The minimum atomic E-state index is -0.559. The molecule has 196 valence electrons. The number of likely N-dealkylation sites (tertiary alicyclic amines) is 1. The molecule has 0 saturated carbocycles. The number of nitrogens with zero attached hydrogens (tertiary/aromatic N) is 2. The molecule has 37 heavy (non-hydrogen) atoms. The predicted octanol–water partition coefficient (Wildman–Crippen LogP) is 7.92. The monoisotopic (exact) mass is 520 g/mol. The van der Waals surface area contributed by atoms with Crippen molar-refractivity contribution < 1.29 is 14.3 Å². The number of halogens is 1. The van der Waals surface area contributed by atoms with E-state index in [1.807, 2.05) is 75.4 Å². The Balaban J connectivity index is 1.63. The third-order valence-corrected chi connectivity index (χ3v) is 6.72. The summed E-state index contributed by atoms with van der Waals surface area (Å²) in [5.41, 5.74) is 2.77. The van der Waals surface area contributed by atoms with Gasteiger partial charge in [0.2, 0.25) is 0 Å². The summed E-state index contributed by atoms with van der Waals surface area (Å²) in [5.74, 6) is 1.27. The van der Waals surface area contributed by atoms with Crippen LogP contribution < -0.4 is 9.64 Å². The van der Waals surface area contributed by atoms with Crippen LogP contribution in [0, 0.1) is 5.92 Å². The van der Waals surface area contributed by atoms with E-state index >= 15 is 0 Å². The fourth-order valence-electron chi connectivity index (χ4n) is 4.57. The van der Waals surface area contributed by atoms with Crippen LogP contribution in [-0.2, 0) is 4.74 Å². The minimum absolute atomic E-state index is 0.0473. The van der Waals surface area contributed by atoms with Crippen LogP contribution in [0.4, 0.5) is 16.2 Å². The van der Waals surface area contributed by atoms with E-state index in [0.717, 1.165) is 17.1 Å². The van der Waals surface area contributed by atoms with Gasteiger partial charge < -0.3 is 19.3 Å². The maximum atomic E-state index is 13.0. The number of hydrogen-bond donors (Lipinski definition) is 0. The number of carbonyl (C=O) groups is 1. The highest BCUT2D eigenvalue weighted by atomic mass is 35.5. The number of carbonyl (C=O) groups excluding carboxylic acids is 1. The van der Waals surface area contributed by atoms with Gasteiger partial charge in [-0.2, -0.15) is 0 Å². The number of ether oxygens (including phenoxy) is 2. The molecule has 6 heteroatoms. The standard InChI is InChI=1S/C31H37ClN2O3/c1-22(2)23-10-9-13-28(18-23)36-29-21-33(30(35)37-31(3,4)5)19-24(29)20-34(26-11-7-6-8-12-26)27-16-14-25(32)15-17-27/h6-18,22,24,29H,19-21H2,1-5H3. The van der Waals surface area contributed by atoms with Gasteiger partial charge in [0, 0.05) is 35.4 Å². The molecule has 1 fully saturated rings. The Kier molecular flexibility index (Phi) is 8.33. The van der Waals surface area contributed by atoms with Gasteiger partial charge >= 0.3 is 6.09 Å². The van der Waals surface area contributed by atoms with E-state index < -0.39 is 5.60 Å². The molecule has 1 heterocycles. The molecule has 1 amide bonds. The zero-order valence-corrected chi connectivity index (χ0v) is 23.1. The molecule has 0 aromatic heterocycles. The van der Waals surface area contributed by atoms with Crippen molar-refractivity contribution in [2.75, 3.05) is 24.5 Å². The first-order valence-corrected chi connectivity index (χ1v) is 13.3. The number of benzene rings is 3. The van der Waals surface area contributed by atoms with Gasteiger partial charge in [0.1, 0.15) is 17.5 Å². The van der Waals surface area contributed by atoms with Gasteiger partial charge in [-0.15, -0.1) is 0 Å². The van der Waals surface area contributed by atoms with Crippen LogP contribution in [0.3, 0.4) is 0 Å². The lowest BCUT2D eigenvalue weighted by molar-refractivity contribution is 0.0274. The highest BCUT2D eigenvalue weighted by Gasteiger charge is 2.40. The SMILES string of the molecule is CC(C)c1cccc(OC2CN(C(=O)OC(C)(C)C)CC2CN(c2ccccc2)c2ccc(Cl)cc2)c1. The second-order valence-corrected chi connectivity index (χ2v) is 11.4. The van der Waals surface area contributed by atoms with Crippen molar-refractivity contribution in [3.63, 3.8) is 0 Å². The van der Waals surface area contributed by atoms with Crippen molar-refractivity contribution in [3.05, 3.63) is 89.4 Å². The molecule has 1 aliphatic rings. The van der Waals surface area contributed by atoms with E-state index in [9.17, 15) is 4.79 Å². The number of rotatable bonds is 7. The lowest BCUT2D eigenvalue weighted by Gasteiger charge is -2.30. The van der Waals surface area contributed by atoms with E-state index in [-0.39, 0.29) is 18.1 Å². The van der Waals surface area contributed by atoms with Crippen molar-refractivity contribution in [3.8, 4) is 5.75 Å². The number of hydrogen-bond acceptors (Lipinski definition) is 4. The molecular formula is C31H37ClN2O3. The second-order valence-electron chi connectivity index (χ2n) is 11.0. The topological polar surface area (TPSA) is 42.0 Å². The van der Waals surface area contributed by atoms with E-state index in [2.05, 4.69) is 43.0 Å². The molecule has 2 atom stereocenters. The Hall–Kier alpha value is -3.18. The summed E-state index contributed by atoms with van der Waals surface area (Å²) >= 11 is 6.19. The fourth-order valence-corrected chi connectivity index (χ4v) is 4.70. The molecule has 0 N–H and O–H groups in total. The summed E-state index contributed by atoms with van der Waals surface area (Å²) in [6.07, 6.45) is -0.495. The lowest BCUT2D eigenvalue weighted by atomic mass is 10.0. The largest absolute Gasteiger partial charge is 0.488 e. The average molecular weight is 521 g/mol. The fraction of sp³-hybridized carbons (Fsp3) is 0.387. The van der Waals surface area contributed by atoms with Crippen LogP contribution in [0.1, 0.15) is 46.1 Å². The van der Waals surface area contributed by atoms with Gasteiger partial charge in [-0.3, -0.25) is 0 Å². The average Bonchev–Trinajstić information content (AvgIpc) is 3.25. The van der Waals surface area contributed by atoms with Gasteiger partial charge in [0.15, 0.2) is 0 Å². The molecule has 0 aliphatic carbocycles. The summed E-state index contributed by atoms with van der Waals surface area (Å²) in [5, 5.41) is 0.694. The molecule has 0 radical (unpaired) electrons. The molecule has 3 aromatic carbocycles. The van der Waals surface area contributed by atoms with Crippen molar-refractivity contribution in [2.45, 2.75) is 52.2 Å². The molecule has 3 aromatic rings. The van der Waals surface area contributed by atoms with Crippen molar-refractivity contribution in [1.29, 1.82) is 0 Å². The van der Waals surface area contributed by atoms with Gasteiger partial charge in [-0.1, -0.05) is 55.8 Å². The van der Waals surface area contributed by atoms with Crippen LogP contribution in [-0.4, -0.2) is 42.3 Å². The molecule has 1 aliphatic heterocycles. The summed E-state index contributed by atoms with van der Waals surface area (Å²) in [7, 11) is 0. The number of para-hydroxylation sites is 1. The Morgan fingerprint density at radius 3 is 2.30 bits per heavy atom. The highest BCUT2D eigenvalue weighted by Crippen LogP contribution is 2.32. The second kappa shape index (κ2) is 11.5. The third-order valence-electron chi connectivity index (χ3n) is 6.47. The minimum Gasteiger partial charge on any atom is -0.488 e. The Labute approximate surface area is 225 Å². The smallest absolute Gasteiger partial charge is 0.410 e. The molecule has 0 spiro atoms. The molecule has 0 bridgehead atoms. The summed E-state index contributed by atoms with van der Waals surface area (Å²) < 4.78 is 12.3. The van der Waals surface area contributed by atoms with Crippen LogP contribution in [0.2, 0.25) is 5.02 Å². The third kappa shape index (κ3) is 7.20. The Bertz CT molecular complexity index is 1180. The first-order valence-electron chi connectivity index (χ1n) is 12.9. The van der Waals surface area contributed by atoms with Crippen molar-refractivity contribution in [1.82, 2.24) is 4.90 Å². The van der Waals surface area contributed by atoms with Crippen LogP contribution >= 0.6 is 11.6 Å². The zero-order chi connectivity index (χ0) is 26.6. The van der Waals surface area contributed by atoms with Crippen LogP contribution in [0.15, 0.2) is 78.9 Å². The van der Waals surface area contributed by atoms with Crippen molar-refractivity contribution in [2.24, 2.45) is 5.92 Å². The van der Waals surface area contributed by atoms with Gasteiger partial charge in [-0.25, -0.2) is 4.79 Å². The van der Waals surface area contributed by atoms with E-state index in [1.165, 1.54) is 5.56 Å². The maximum absolute atomic E-state index is 13.0. The normalized spacial score (nSPS) is 17.6. The molecular weight excluding hydrogens is 484 g/mol. The molecule has 5 nitrogen and oxygen atoms in total. The highest BCUT2D eigenvalue weighted by molar-refractivity contribution is 6.30. The molecule has 2 unspecified atom stereocenters. The van der Waals surface area contributed by atoms with E-state index in [4.69, 9.17) is 21.1 Å². The van der Waals surface area contributed by atoms with Crippen molar-refractivity contribution >= 4 is 29.1 Å². The Morgan fingerprint density at radius 1 is 0.973 bits per heavy atom. The summed E-state index contributed by atoms with van der Waals surface area (Å²) in [4.78, 5) is 17.1. The van der Waals surface area contributed by atoms with Crippen LogP contribution in [0.25, 0.3) is 0 Å². The molecule has 1 saturated heterocycles. The quantitative estimate of drug-likeness (QED) is 0.317. The van der Waals surface area contributed by atoms with Gasteiger partial charge in [0.05, 0.1) is 6.54 Å². The molecule has 4 rings (SSSR count). The Morgan fingerprint density at radius 2 is 1.65 bits per heavy atom. The summed E-state index contributed by atoms with van der Waals surface area (Å²) in [6.45, 7) is 11.7. The zero-order valence-electron chi connectivity index (χ0n) is 22.4. The number of amides is 1. The maximum Gasteiger partial charge on any atom is 0.410 e. The van der Waals surface area contributed by atoms with Gasteiger partial charge in [0.25, 0.3) is 0 Å².